The highest BCUT2D eigenvalue weighted by Crippen LogP contribution is 2.16. The minimum atomic E-state index is 0.956. The van der Waals surface area contributed by atoms with Gasteiger partial charge in [-0.1, -0.05) is 28.1 Å². The third-order valence-electron chi connectivity index (χ3n) is 2.33. The van der Waals surface area contributed by atoms with Gasteiger partial charge in [-0.05, 0) is 50.7 Å². The van der Waals surface area contributed by atoms with E-state index in [1.165, 1.54) is 22.0 Å². The molecule has 1 aromatic carbocycles. The Morgan fingerprint density at radius 2 is 2.07 bits per heavy atom. The molecule has 84 valence electrons. The summed E-state index contributed by atoms with van der Waals surface area (Å²) in [6.45, 7) is 5.22. The normalized spacial score (nSPS) is 10.6. The number of hydrogen-bond acceptors (Lipinski definition) is 2. The summed E-state index contributed by atoms with van der Waals surface area (Å²) in [6, 6.07) is 6.48. The third-order valence-corrected chi connectivity index (χ3v) is 3.22. The van der Waals surface area contributed by atoms with Crippen molar-refractivity contribution in [1.82, 2.24) is 10.6 Å². The SMILES string of the molecule is CNCCCNCc1ccc(Br)c(C)c1. The van der Waals surface area contributed by atoms with Crippen LogP contribution in [0.4, 0.5) is 0 Å². The Bertz CT molecular complexity index is 300. The smallest absolute Gasteiger partial charge is 0.0205 e. The van der Waals surface area contributed by atoms with E-state index in [2.05, 4.69) is 51.7 Å². The zero-order chi connectivity index (χ0) is 11.1. The molecule has 0 saturated carbocycles. The zero-order valence-electron chi connectivity index (χ0n) is 9.44. The van der Waals surface area contributed by atoms with Crippen molar-refractivity contribution in [2.24, 2.45) is 0 Å². The van der Waals surface area contributed by atoms with Gasteiger partial charge in [0, 0.05) is 11.0 Å². The molecule has 0 atom stereocenters. The van der Waals surface area contributed by atoms with Crippen LogP contribution in [0.3, 0.4) is 0 Å². The van der Waals surface area contributed by atoms with E-state index in [0.29, 0.717) is 0 Å². The molecule has 0 unspecified atom stereocenters. The van der Waals surface area contributed by atoms with Crippen molar-refractivity contribution in [3.63, 3.8) is 0 Å². The second-order valence-electron chi connectivity index (χ2n) is 3.72. The molecule has 1 aromatic rings. The maximum Gasteiger partial charge on any atom is 0.0205 e. The first kappa shape index (κ1) is 12.7. The van der Waals surface area contributed by atoms with Gasteiger partial charge in [0.2, 0.25) is 0 Å². The van der Waals surface area contributed by atoms with Crippen molar-refractivity contribution in [2.75, 3.05) is 20.1 Å². The summed E-state index contributed by atoms with van der Waals surface area (Å²) in [4.78, 5) is 0. The lowest BCUT2D eigenvalue weighted by atomic mass is 10.1. The first-order chi connectivity index (χ1) is 7.24. The Hall–Kier alpha value is -0.380. The highest BCUT2D eigenvalue weighted by atomic mass is 79.9. The monoisotopic (exact) mass is 270 g/mol. The van der Waals surface area contributed by atoms with Gasteiger partial charge in [0.1, 0.15) is 0 Å². The van der Waals surface area contributed by atoms with Crippen molar-refractivity contribution < 1.29 is 0 Å². The van der Waals surface area contributed by atoms with Crippen molar-refractivity contribution in [3.8, 4) is 0 Å². The van der Waals surface area contributed by atoms with E-state index >= 15 is 0 Å². The van der Waals surface area contributed by atoms with Crippen LogP contribution in [0.15, 0.2) is 22.7 Å². The summed E-state index contributed by atoms with van der Waals surface area (Å²) < 4.78 is 1.18. The van der Waals surface area contributed by atoms with Gasteiger partial charge >= 0.3 is 0 Å². The first-order valence-electron chi connectivity index (χ1n) is 5.34. The molecule has 0 heterocycles. The summed E-state index contributed by atoms with van der Waals surface area (Å²) in [6.07, 6.45) is 1.17. The fourth-order valence-corrected chi connectivity index (χ4v) is 1.69. The molecular weight excluding hydrogens is 252 g/mol. The molecule has 0 aliphatic carbocycles. The standard InChI is InChI=1S/C12H19BrN2/c1-10-8-11(4-5-12(10)13)9-15-7-3-6-14-2/h4-5,8,14-15H,3,6-7,9H2,1-2H3. The van der Waals surface area contributed by atoms with Crippen molar-refractivity contribution in [2.45, 2.75) is 19.9 Å². The van der Waals surface area contributed by atoms with Gasteiger partial charge in [-0.25, -0.2) is 0 Å². The second kappa shape index (κ2) is 6.99. The average molecular weight is 271 g/mol. The Balaban J connectivity index is 2.28. The Morgan fingerprint density at radius 3 is 2.73 bits per heavy atom. The number of nitrogens with one attached hydrogen (secondary N) is 2. The van der Waals surface area contributed by atoms with Crippen LogP contribution in [-0.4, -0.2) is 20.1 Å². The van der Waals surface area contributed by atoms with Crippen LogP contribution in [0.2, 0.25) is 0 Å². The van der Waals surface area contributed by atoms with E-state index in [9.17, 15) is 0 Å². The minimum absolute atomic E-state index is 0.956. The van der Waals surface area contributed by atoms with Gasteiger partial charge in [0.15, 0.2) is 0 Å². The molecule has 0 spiro atoms. The summed E-state index contributed by atoms with van der Waals surface area (Å²) in [7, 11) is 1.98. The van der Waals surface area contributed by atoms with Gasteiger partial charge in [-0.2, -0.15) is 0 Å². The van der Waals surface area contributed by atoms with Gasteiger partial charge in [0.25, 0.3) is 0 Å². The largest absolute Gasteiger partial charge is 0.320 e. The van der Waals surface area contributed by atoms with Crippen LogP contribution >= 0.6 is 15.9 Å². The highest BCUT2D eigenvalue weighted by Gasteiger charge is 1.96. The number of aryl methyl sites for hydroxylation is 1. The van der Waals surface area contributed by atoms with E-state index in [0.717, 1.165) is 19.6 Å². The lowest BCUT2D eigenvalue weighted by Gasteiger charge is -2.06. The summed E-state index contributed by atoms with van der Waals surface area (Å²) in [5, 5.41) is 6.56. The molecule has 0 aliphatic heterocycles. The number of rotatable bonds is 6. The minimum Gasteiger partial charge on any atom is -0.320 e. The van der Waals surface area contributed by atoms with E-state index in [4.69, 9.17) is 0 Å². The second-order valence-corrected chi connectivity index (χ2v) is 4.57. The van der Waals surface area contributed by atoms with Gasteiger partial charge in [-0.15, -0.1) is 0 Å². The van der Waals surface area contributed by atoms with Gasteiger partial charge < -0.3 is 10.6 Å². The predicted molar refractivity (Wildman–Crippen MR) is 69.1 cm³/mol. The quantitative estimate of drug-likeness (QED) is 0.777. The zero-order valence-corrected chi connectivity index (χ0v) is 11.0. The average Bonchev–Trinajstić information content (AvgIpc) is 2.23. The molecule has 0 aromatic heterocycles. The van der Waals surface area contributed by atoms with Crippen LogP contribution in [0.25, 0.3) is 0 Å². The summed E-state index contributed by atoms with van der Waals surface area (Å²) in [5.74, 6) is 0. The van der Waals surface area contributed by atoms with Crippen molar-refractivity contribution in [1.29, 1.82) is 0 Å². The molecule has 0 fully saturated rings. The topological polar surface area (TPSA) is 24.1 Å². The highest BCUT2D eigenvalue weighted by molar-refractivity contribution is 9.10. The molecule has 0 saturated heterocycles. The maximum absolute atomic E-state index is 3.50. The lowest BCUT2D eigenvalue weighted by molar-refractivity contribution is 0.625. The molecule has 3 heteroatoms. The Morgan fingerprint density at radius 1 is 1.27 bits per heavy atom. The molecule has 1 rings (SSSR count). The molecule has 2 nitrogen and oxygen atoms in total. The summed E-state index contributed by atoms with van der Waals surface area (Å²) >= 11 is 3.50. The fraction of sp³-hybridized carbons (Fsp3) is 0.500. The molecule has 0 amide bonds. The van der Waals surface area contributed by atoms with Crippen molar-refractivity contribution in [3.05, 3.63) is 33.8 Å². The molecule has 15 heavy (non-hydrogen) atoms. The number of halogens is 1. The fourth-order valence-electron chi connectivity index (χ4n) is 1.44. The van der Waals surface area contributed by atoms with Gasteiger partial charge in [-0.3, -0.25) is 0 Å². The maximum atomic E-state index is 3.50. The van der Waals surface area contributed by atoms with Crippen LogP contribution in [0.5, 0.6) is 0 Å². The van der Waals surface area contributed by atoms with Gasteiger partial charge in [0.05, 0.1) is 0 Å². The molecular formula is C12H19BrN2. The Kier molecular flexibility index (Phi) is 5.91. The molecule has 0 bridgehead atoms. The summed E-state index contributed by atoms with van der Waals surface area (Å²) in [5.41, 5.74) is 2.64. The van der Waals surface area contributed by atoms with E-state index in [-0.39, 0.29) is 0 Å². The van der Waals surface area contributed by atoms with Crippen LogP contribution in [0, 0.1) is 6.92 Å². The van der Waals surface area contributed by atoms with Crippen LogP contribution < -0.4 is 10.6 Å². The van der Waals surface area contributed by atoms with Crippen molar-refractivity contribution >= 4 is 15.9 Å². The van der Waals surface area contributed by atoms with Crippen LogP contribution in [0.1, 0.15) is 17.5 Å². The lowest BCUT2D eigenvalue weighted by Crippen LogP contribution is -2.19. The number of hydrogen-bond donors (Lipinski definition) is 2. The molecule has 2 N–H and O–H groups in total. The van der Waals surface area contributed by atoms with E-state index < -0.39 is 0 Å². The number of benzene rings is 1. The molecule has 0 aliphatic rings. The predicted octanol–water partition coefficient (Wildman–Crippen LogP) is 2.46. The third kappa shape index (κ3) is 4.78. The van der Waals surface area contributed by atoms with E-state index in [1.807, 2.05) is 7.05 Å². The van der Waals surface area contributed by atoms with Crippen LogP contribution in [-0.2, 0) is 6.54 Å². The van der Waals surface area contributed by atoms with E-state index in [1.54, 1.807) is 0 Å². The Labute approximate surface area is 101 Å². The first-order valence-corrected chi connectivity index (χ1v) is 6.13. The molecule has 0 radical (unpaired) electrons.